The second-order valence-electron chi connectivity index (χ2n) is 4.63. The molecular weight excluding hydrogens is 290 g/mol. The number of ether oxygens (including phenoxy) is 1. The first kappa shape index (κ1) is 15.2. The Labute approximate surface area is 129 Å². The number of halogens is 1. The van der Waals surface area contributed by atoms with Gasteiger partial charge in [0.05, 0.1) is 7.11 Å². The highest BCUT2D eigenvalue weighted by atomic mass is 35.5. The zero-order valence-electron chi connectivity index (χ0n) is 11.5. The van der Waals surface area contributed by atoms with Crippen LogP contribution < -0.4 is 10.5 Å². The molecule has 0 aliphatic carbocycles. The quantitative estimate of drug-likeness (QED) is 0.824. The minimum Gasteiger partial charge on any atom is -0.497 e. The fourth-order valence-corrected chi connectivity index (χ4v) is 3.38. The van der Waals surface area contributed by atoms with Crippen molar-refractivity contribution in [1.82, 2.24) is 0 Å². The number of hydrogen-bond acceptors (Lipinski definition) is 3. The molecule has 0 bridgehead atoms. The van der Waals surface area contributed by atoms with Crippen molar-refractivity contribution in [1.29, 1.82) is 0 Å². The summed E-state index contributed by atoms with van der Waals surface area (Å²) in [5.41, 5.74) is 7.31. The van der Waals surface area contributed by atoms with Gasteiger partial charge in [0.1, 0.15) is 5.75 Å². The molecule has 2 aromatic carbocycles. The highest BCUT2D eigenvalue weighted by Gasteiger charge is 2.18. The molecule has 2 nitrogen and oxygen atoms in total. The molecule has 0 amide bonds. The number of methoxy groups -OCH3 is 1. The lowest BCUT2D eigenvalue weighted by Gasteiger charge is -2.21. The van der Waals surface area contributed by atoms with E-state index in [1.54, 1.807) is 18.9 Å². The Bertz CT molecular complexity index is 574. The average Bonchev–Trinajstić information content (AvgIpc) is 2.44. The maximum absolute atomic E-state index is 6.15. The van der Waals surface area contributed by atoms with Gasteiger partial charge in [-0.2, -0.15) is 0 Å². The van der Waals surface area contributed by atoms with Crippen molar-refractivity contribution in [3.63, 3.8) is 0 Å². The summed E-state index contributed by atoms with van der Waals surface area (Å²) in [4.78, 5) is 1.11. The summed E-state index contributed by atoms with van der Waals surface area (Å²) in [5, 5.41) is 0.896. The summed E-state index contributed by atoms with van der Waals surface area (Å²) in [5.74, 6) is 0.847. The summed E-state index contributed by atoms with van der Waals surface area (Å²) in [6, 6.07) is 15.9. The minimum absolute atomic E-state index is 0.0195. The normalized spacial score (nSPS) is 13.8. The fourth-order valence-electron chi connectivity index (χ4n) is 1.98. The maximum atomic E-state index is 6.15. The van der Waals surface area contributed by atoms with E-state index in [1.807, 2.05) is 49.4 Å². The van der Waals surface area contributed by atoms with Gasteiger partial charge >= 0.3 is 0 Å². The first-order valence-corrected chi connectivity index (χ1v) is 7.67. The third-order valence-electron chi connectivity index (χ3n) is 2.96. The average molecular weight is 308 g/mol. The van der Waals surface area contributed by atoms with Gasteiger partial charge in [0.2, 0.25) is 0 Å². The zero-order valence-corrected chi connectivity index (χ0v) is 13.1. The largest absolute Gasteiger partial charge is 0.497 e. The van der Waals surface area contributed by atoms with Crippen LogP contribution in [0.3, 0.4) is 0 Å². The lowest BCUT2D eigenvalue weighted by atomic mass is 10.1. The van der Waals surface area contributed by atoms with Crippen LogP contribution in [0.4, 0.5) is 0 Å². The van der Waals surface area contributed by atoms with Gasteiger partial charge in [-0.25, -0.2) is 0 Å². The van der Waals surface area contributed by atoms with Crippen LogP contribution >= 0.6 is 23.4 Å². The first-order chi connectivity index (χ1) is 9.60. The molecule has 0 aromatic heterocycles. The molecule has 0 radical (unpaired) electrons. The number of hydrogen-bond donors (Lipinski definition) is 1. The van der Waals surface area contributed by atoms with Crippen LogP contribution in [0, 0.1) is 0 Å². The molecule has 20 heavy (non-hydrogen) atoms. The first-order valence-electron chi connectivity index (χ1n) is 6.42. The monoisotopic (exact) mass is 307 g/mol. The van der Waals surface area contributed by atoms with Gasteiger partial charge in [0, 0.05) is 21.2 Å². The SMILES string of the molecule is COc1cccc(C(Sc2cccc(Cl)c2)C(C)N)c1. The fraction of sp³-hybridized carbons (Fsp3) is 0.250. The lowest BCUT2D eigenvalue weighted by Crippen LogP contribution is -2.22. The van der Waals surface area contributed by atoms with Crippen LogP contribution in [0.2, 0.25) is 5.02 Å². The molecule has 0 saturated carbocycles. The molecule has 0 saturated heterocycles. The molecule has 2 unspecified atom stereocenters. The molecular formula is C16H18ClNOS. The Morgan fingerprint density at radius 1 is 1.15 bits per heavy atom. The molecule has 2 aromatic rings. The molecule has 106 valence electrons. The molecule has 2 atom stereocenters. The lowest BCUT2D eigenvalue weighted by molar-refractivity contribution is 0.414. The van der Waals surface area contributed by atoms with Crippen molar-refractivity contribution < 1.29 is 4.74 Å². The highest BCUT2D eigenvalue weighted by Crippen LogP contribution is 2.38. The molecule has 4 heteroatoms. The van der Waals surface area contributed by atoms with E-state index in [4.69, 9.17) is 22.1 Å². The molecule has 0 aliphatic rings. The molecule has 0 fully saturated rings. The Balaban J connectivity index is 2.27. The van der Waals surface area contributed by atoms with Crippen molar-refractivity contribution >= 4 is 23.4 Å². The van der Waals surface area contributed by atoms with Crippen molar-refractivity contribution in [2.75, 3.05) is 7.11 Å². The maximum Gasteiger partial charge on any atom is 0.119 e. The van der Waals surface area contributed by atoms with E-state index in [1.165, 1.54) is 0 Å². The van der Waals surface area contributed by atoms with Crippen LogP contribution in [0.25, 0.3) is 0 Å². The predicted molar refractivity (Wildman–Crippen MR) is 86.7 cm³/mol. The van der Waals surface area contributed by atoms with Crippen molar-refractivity contribution in [3.05, 3.63) is 59.1 Å². The topological polar surface area (TPSA) is 35.2 Å². The summed E-state index contributed by atoms with van der Waals surface area (Å²) in [6.07, 6.45) is 0. The van der Waals surface area contributed by atoms with E-state index in [0.29, 0.717) is 0 Å². The van der Waals surface area contributed by atoms with Gasteiger partial charge in [0.15, 0.2) is 0 Å². The van der Waals surface area contributed by atoms with Crippen molar-refractivity contribution in [3.8, 4) is 5.75 Å². The summed E-state index contributed by atoms with van der Waals surface area (Å²) >= 11 is 7.76. The van der Waals surface area contributed by atoms with Crippen LogP contribution in [0.1, 0.15) is 17.7 Å². The van der Waals surface area contributed by atoms with Crippen molar-refractivity contribution in [2.24, 2.45) is 5.73 Å². The molecule has 0 spiro atoms. The van der Waals surface area contributed by atoms with Crippen molar-refractivity contribution in [2.45, 2.75) is 23.1 Å². The highest BCUT2D eigenvalue weighted by molar-refractivity contribution is 7.99. The van der Waals surface area contributed by atoms with Gasteiger partial charge < -0.3 is 10.5 Å². The standard InChI is InChI=1S/C16H18ClNOS/c1-11(18)16(12-5-3-7-14(9-12)19-2)20-15-8-4-6-13(17)10-15/h3-11,16H,18H2,1-2H3. The van der Waals surface area contributed by atoms with E-state index in [2.05, 4.69) is 6.07 Å². The Kier molecular flexibility index (Phi) is 5.35. The number of nitrogens with two attached hydrogens (primary N) is 1. The van der Waals surface area contributed by atoms with E-state index >= 15 is 0 Å². The molecule has 2 rings (SSSR count). The van der Waals surface area contributed by atoms with Crippen LogP contribution in [-0.4, -0.2) is 13.2 Å². The second-order valence-corrected chi connectivity index (χ2v) is 6.28. The number of benzene rings is 2. The van der Waals surface area contributed by atoms with Gasteiger partial charge in [-0.3, -0.25) is 0 Å². The van der Waals surface area contributed by atoms with E-state index < -0.39 is 0 Å². The van der Waals surface area contributed by atoms with Crippen LogP contribution in [0.15, 0.2) is 53.4 Å². The third-order valence-corrected chi connectivity index (χ3v) is 4.68. The Morgan fingerprint density at radius 3 is 2.55 bits per heavy atom. The zero-order chi connectivity index (χ0) is 14.5. The van der Waals surface area contributed by atoms with Gasteiger partial charge in [-0.05, 0) is 42.8 Å². The van der Waals surface area contributed by atoms with E-state index in [-0.39, 0.29) is 11.3 Å². The molecule has 0 heterocycles. The molecule has 0 aliphatic heterocycles. The van der Waals surface area contributed by atoms with E-state index in [9.17, 15) is 0 Å². The van der Waals surface area contributed by atoms with Gasteiger partial charge in [0.25, 0.3) is 0 Å². The summed E-state index contributed by atoms with van der Waals surface area (Å²) < 4.78 is 5.28. The van der Waals surface area contributed by atoms with Gasteiger partial charge in [-0.1, -0.05) is 29.8 Å². The second kappa shape index (κ2) is 7.02. The summed E-state index contributed by atoms with van der Waals surface area (Å²) in [6.45, 7) is 2.02. The predicted octanol–water partition coefficient (Wildman–Crippen LogP) is 4.53. The van der Waals surface area contributed by atoms with Crippen LogP contribution in [-0.2, 0) is 0 Å². The minimum atomic E-state index is 0.0195. The Hall–Kier alpha value is -1.16. The van der Waals surface area contributed by atoms with Gasteiger partial charge in [-0.15, -0.1) is 11.8 Å². The Morgan fingerprint density at radius 2 is 1.90 bits per heavy atom. The third kappa shape index (κ3) is 3.92. The van der Waals surface area contributed by atoms with E-state index in [0.717, 1.165) is 21.2 Å². The molecule has 2 N–H and O–H groups in total. The number of thioether (sulfide) groups is 1. The number of rotatable bonds is 5. The van der Waals surface area contributed by atoms with Crippen LogP contribution in [0.5, 0.6) is 5.75 Å². The smallest absolute Gasteiger partial charge is 0.119 e. The summed E-state index contributed by atoms with van der Waals surface area (Å²) in [7, 11) is 1.67.